The molecule has 1 amide bonds. The predicted octanol–water partition coefficient (Wildman–Crippen LogP) is 4.41. The Morgan fingerprint density at radius 3 is 2.62 bits per heavy atom. The van der Waals surface area contributed by atoms with E-state index in [-0.39, 0.29) is 23.7 Å². The van der Waals surface area contributed by atoms with Gasteiger partial charge in [-0.25, -0.2) is 0 Å². The number of hydrogen-bond acceptors (Lipinski definition) is 3. The SMILES string of the molecule is COc1cccc(CC2(C(=O)NCCc3ccc(N)cc3)CC3CCC2C3)c1.Cl. The van der Waals surface area contributed by atoms with Crippen LogP contribution in [0.1, 0.15) is 36.8 Å². The molecule has 29 heavy (non-hydrogen) atoms. The molecule has 3 N–H and O–H groups in total. The topological polar surface area (TPSA) is 64.3 Å². The lowest BCUT2D eigenvalue weighted by Gasteiger charge is -2.36. The van der Waals surface area contributed by atoms with Crippen molar-refractivity contribution in [3.05, 3.63) is 59.7 Å². The zero-order valence-corrected chi connectivity index (χ0v) is 17.8. The van der Waals surface area contributed by atoms with Crippen molar-refractivity contribution in [2.24, 2.45) is 17.3 Å². The Bertz CT molecular complexity index is 839. The van der Waals surface area contributed by atoms with Crippen molar-refractivity contribution in [3.8, 4) is 5.75 Å². The predicted molar refractivity (Wildman–Crippen MR) is 119 cm³/mol. The summed E-state index contributed by atoms with van der Waals surface area (Å²) in [6.07, 6.45) is 6.32. The van der Waals surface area contributed by atoms with Crippen LogP contribution in [-0.4, -0.2) is 19.6 Å². The van der Waals surface area contributed by atoms with Gasteiger partial charge >= 0.3 is 0 Å². The van der Waals surface area contributed by atoms with Gasteiger partial charge < -0.3 is 15.8 Å². The summed E-state index contributed by atoms with van der Waals surface area (Å²) < 4.78 is 5.39. The van der Waals surface area contributed by atoms with Crippen molar-refractivity contribution >= 4 is 24.0 Å². The van der Waals surface area contributed by atoms with E-state index in [0.29, 0.717) is 18.4 Å². The van der Waals surface area contributed by atoms with Gasteiger partial charge in [-0.2, -0.15) is 0 Å². The van der Waals surface area contributed by atoms with E-state index in [1.807, 2.05) is 36.4 Å². The second-order valence-electron chi connectivity index (χ2n) is 8.51. The van der Waals surface area contributed by atoms with Gasteiger partial charge in [0, 0.05) is 12.2 Å². The molecule has 2 aliphatic rings. The highest BCUT2D eigenvalue weighted by atomic mass is 35.5. The molecule has 4 nitrogen and oxygen atoms in total. The monoisotopic (exact) mass is 414 g/mol. The fraction of sp³-hybridized carbons (Fsp3) is 0.458. The maximum atomic E-state index is 13.4. The molecule has 0 heterocycles. The van der Waals surface area contributed by atoms with Crippen LogP contribution in [0.3, 0.4) is 0 Å². The van der Waals surface area contributed by atoms with E-state index in [1.54, 1.807) is 7.11 Å². The van der Waals surface area contributed by atoms with Crippen LogP contribution in [-0.2, 0) is 17.6 Å². The summed E-state index contributed by atoms with van der Waals surface area (Å²) in [7, 11) is 1.69. The molecule has 0 aliphatic heterocycles. The van der Waals surface area contributed by atoms with Gasteiger partial charge in [-0.05, 0) is 79.3 Å². The number of nitrogens with one attached hydrogen (secondary N) is 1. The maximum absolute atomic E-state index is 13.4. The fourth-order valence-electron chi connectivity index (χ4n) is 5.35. The molecule has 0 spiro atoms. The van der Waals surface area contributed by atoms with Crippen LogP contribution in [0.15, 0.2) is 48.5 Å². The Morgan fingerprint density at radius 1 is 1.17 bits per heavy atom. The van der Waals surface area contributed by atoms with Crippen molar-refractivity contribution in [3.63, 3.8) is 0 Å². The first kappa shape index (κ1) is 21.5. The summed E-state index contributed by atoms with van der Waals surface area (Å²) in [4.78, 5) is 13.4. The largest absolute Gasteiger partial charge is 0.497 e. The lowest BCUT2D eigenvalue weighted by Crippen LogP contribution is -2.46. The summed E-state index contributed by atoms with van der Waals surface area (Å²) in [5, 5.41) is 3.26. The van der Waals surface area contributed by atoms with Crippen molar-refractivity contribution in [1.29, 1.82) is 0 Å². The first-order valence-electron chi connectivity index (χ1n) is 10.3. The smallest absolute Gasteiger partial charge is 0.226 e. The van der Waals surface area contributed by atoms with E-state index in [1.165, 1.54) is 30.4 Å². The number of anilines is 1. The minimum atomic E-state index is -0.267. The van der Waals surface area contributed by atoms with Crippen LogP contribution in [0.2, 0.25) is 0 Å². The average Bonchev–Trinajstić information content (AvgIpc) is 3.31. The number of methoxy groups -OCH3 is 1. The number of carbonyl (C=O) groups excluding carboxylic acids is 1. The van der Waals surface area contributed by atoms with Crippen molar-refractivity contribution in [2.75, 3.05) is 19.4 Å². The molecule has 5 heteroatoms. The molecule has 2 fully saturated rings. The molecule has 3 unspecified atom stereocenters. The van der Waals surface area contributed by atoms with Crippen LogP contribution in [0, 0.1) is 17.3 Å². The number of benzene rings is 2. The Kier molecular flexibility index (Phi) is 6.74. The number of amides is 1. The summed E-state index contributed by atoms with van der Waals surface area (Å²) >= 11 is 0. The van der Waals surface area contributed by atoms with Crippen LogP contribution in [0.5, 0.6) is 5.75 Å². The minimum absolute atomic E-state index is 0. The highest BCUT2D eigenvalue weighted by Crippen LogP contribution is 2.57. The Labute approximate surface area is 179 Å². The number of rotatable bonds is 7. The third-order valence-corrected chi connectivity index (χ3v) is 6.76. The third kappa shape index (κ3) is 4.53. The molecule has 2 aliphatic carbocycles. The number of halogens is 1. The third-order valence-electron chi connectivity index (χ3n) is 6.76. The number of ether oxygens (including phenoxy) is 1. The van der Waals surface area contributed by atoms with E-state index in [0.717, 1.165) is 30.7 Å². The fourth-order valence-corrected chi connectivity index (χ4v) is 5.35. The van der Waals surface area contributed by atoms with Crippen molar-refractivity contribution < 1.29 is 9.53 Å². The quantitative estimate of drug-likeness (QED) is 0.659. The molecule has 0 saturated heterocycles. The van der Waals surface area contributed by atoms with E-state index >= 15 is 0 Å². The molecule has 0 aromatic heterocycles. The zero-order valence-electron chi connectivity index (χ0n) is 17.0. The van der Waals surface area contributed by atoms with Gasteiger partial charge in [0.2, 0.25) is 5.91 Å². The molecule has 3 atom stereocenters. The molecule has 2 bridgehead atoms. The van der Waals surface area contributed by atoms with E-state index < -0.39 is 0 Å². The second kappa shape index (κ2) is 9.08. The average molecular weight is 415 g/mol. The van der Waals surface area contributed by atoms with Gasteiger partial charge in [-0.15, -0.1) is 12.4 Å². The van der Waals surface area contributed by atoms with Crippen LogP contribution < -0.4 is 15.8 Å². The van der Waals surface area contributed by atoms with E-state index in [4.69, 9.17) is 10.5 Å². The molecule has 156 valence electrons. The highest BCUT2D eigenvalue weighted by Gasteiger charge is 2.55. The molecule has 2 aromatic rings. The Hall–Kier alpha value is -2.20. The molecular weight excluding hydrogens is 384 g/mol. The lowest BCUT2D eigenvalue weighted by atomic mass is 9.68. The minimum Gasteiger partial charge on any atom is -0.497 e. The van der Waals surface area contributed by atoms with Crippen LogP contribution in [0.25, 0.3) is 0 Å². The van der Waals surface area contributed by atoms with Crippen molar-refractivity contribution in [2.45, 2.75) is 38.5 Å². The van der Waals surface area contributed by atoms with Gasteiger partial charge in [-0.1, -0.05) is 30.7 Å². The molecule has 0 radical (unpaired) electrons. The second-order valence-corrected chi connectivity index (χ2v) is 8.51. The molecular formula is C24H31ClN2O2. The van der Waals surface area contributed by atoms with Crippen LogP contribution in [0.4, 0.5) is 5.69 Å². The lowest BCUT2D eigenvalue weighted by molar-refractivity contribution is -0.134. The number of fused-ring (bicyclic) bond motifs is 2. The van der Waals surface area contributed by atoms with Gasteiger partial charge in [0.15, 0.2) is 0 Å². The van der Waals surface area contributed by atoms with Gasteiger partial charge in [-0.3, -0.25) is 4.79 Å². The number of carbonyl (C=O) groups is 1. The molecule has 4 rings (SSSR count). The zero-order chi connectivity index (χ0) is 19.6. The summed E-state index contributed by atoms with van der Waals surface area (Å²) in [5.74, 6) is 2.30. The number of nitrogen functional groups attached to an aromatic ring is 1. The maximum Gasteiger partial charge on any atom is 0.226 e. The summed E-state index contributed by atoms with van der Waals surface area (Å²) in [5.41, 5.74) is 8.65. The van der Waals surface area contributed by atoms with E-state index in [2.05, 4.69) is 17.4 Å². The first-order valence-corrected chi connectivity index (χ1v) is 10.3. The first-order chi connectivity index (χ1) is 13.6. The Balaban J connectivity index is 0.00000240. The van der Waals surface area contributed by atoms with Crippen LogP contribution >= 0.6 is 12.4 Å². The summed E-state index contributed by atoms with van der Waals surface area (Å²) in [6.45, 7) is 0.667. The molecule has 2 saturated carbocycles. The van der Waals surface area contributed by atoms with Gasteiger partial charge in [0.1, 0.15) is 5.75 Å². The number of hydrogen-bond donors (Lipinski definition) is 2. The van der Waals surface area contributed by atoms with Crippen molar-refractivity contribution in [1.82, 2.24) is 5.32 Å². The Morgan fingerprint density at radius 2 is 1.97 bits per heavy atom. The summed E-state index contributed by atoms with van der Waals surface area (Å²) in [6, 6.07) is 16.1. The number of nitrogens with two attached hydrogens (primary N) is 1. The van der Waals surface area contributed by atoms with E-state index in [9.17, 15) is 4.79 Å². The normalized spacial score (nSPS) is 24.7. The standard InChI is InChI=1S/C24H30N2O2.ClH/c1-28-22-4-2-3-18(14-22)15-24(16-19-5-8-20(24)13-19)23(27)26-12-11-17-6-9-21(25)10-7-17;/h2-4,6-7,9-10,14,19-20H,5,8,11-13,15-16,25H2,1H3,(H,26,27);1H. The highest BCUT2D eigenvalue weighted by molar-refractivity contribution is 5.85. The van der Waals surface area contributed by atoms with Gasteiger partial charge in [0.05, 0.1) is 12.5 Å². The molecule has 2 aromatic carbocycles. The van der Waals surface area contributed by atoms with Gasteiger partial charge in [0.25, 0.3) is 0 Å².